The number of nitrogens with zero attached hydrogens (tertiary/aromatic N) is 3. The fourth-order valence-corrected chi connectivity index (χ4v) is 4.16. The lowest BCUT2D eigenvalue weighted by Gasteiger charge is -2.47. The van der Waals surface area contributed by atoms with Gasteiger partial charge >= 0.3 is 0 Å². The molecule has 1 aromatic rings. The fourth-order valence-electron chi connectivity index (χ4n) is 4.16. The Morgan fingerprint density at radius 1 is 1.12 bits per heavy atom. The van der Waals surface area contributed by atoms with Crippen LogP contribution in [0.4, 0.5) is 0 Å². The van der Waals surface area contributed by atoms with E-state index in [4.69, 9.17) is 4.74 Å². The van der Waals surface area contributed by atoms with E-state index in [1.807, 2.05) is 24.3 Å². The highest BCUT2D eigenvalue weighted by molar-refractivity contribution is 5.97. The molecule has 3 aliphatic heterocycles. The van der Waals surface area contributed by atoms with Crippen LogP contribution in [0.1, 0.15) is 12.0 Å². The standard InChI is InChI=1S/C18H23N3O4/c1-25-14-4-2-3-12(7-14)9-19-5-6-20-16(11-19)18(24)21-10-13(22)8-15(21)17(20)23/h2-4,7,13,15-16,22H,5-6,8-11H2,1H3/t13-,15+,16-/m1/s1. The van der Waals surface area contributed by atoms with Gasteiger partial charge < -0.3 is 19.6 Å². The van der Waals surface area contributed by atoms with Crippen molar-refractivity contribution in [2.24, 2.45) is 0 Å². The van der Waals surface area contributed by atoms with Crippen LogP contribution in [0.15, 0.2) is 24.3 Å². The summed E-state index contributed by atoms with van der Waals surface area (Å²) in [6.07, 6.45) is -0.228. The summed E-state index contributed by atoms with van der Waals surface area (Å²) in [5.74, 6) is 0.771. The molecular weight excluding hydrogens is 322 g/mol. The molecule has 3 saturated heterocycles. The first-order valence-electron chi connectivity index (χ1n) is 8.71. The van der Waals surface area contributed by atoms with Crippen molar-refractivity contribution < 1.29 is 19.4 Å². The minimum absolute atomic E-state index is 0.0119. The van der Waals surface area contributed by atoms with Crippen LogP contribution >= 0.6 is 0 Å². The van der Waals surface area contributed by atoms with Crippen molar-refractivity contribution in [1.29, 1.82) is 0 Å². The Balaban J connectivity index is 1.48. The SMILES string of the molecule is COc1cccc(CN2CCN3C(=O)[C@@H]4C[C@@H](O)CN4C(=O)[C@H]3C2)c1. The van der Waals surface area contributed by atoms with Gasteiger partial charge in [0.05, 0.1) is 13.2 Å². The molecule has 0 bridgehead atoms. The molecule has 1 aromatic carbocycles. The van der Waals surface area contributed by atoms with Gasteiger partial charge in [0.25, 0.3) is 0 Å². The molecule has 1 N–H and O–H groups in total. The van der Waals surface area contributed by atoms with Crippen molar-refractivity contribution in [3.63, 3.8) is 0 Å². The van der Waals surface area contributed by atoms with Gasteiger partial charge in [-0.2, -0.15) is 0 Å². The van der Waals surface area contributed by atoms with E-state index in [0.29, 0.717) is 19.5 Å². The summed E-state index contributed by atoms with van der Waals surface area (Å²) in [6.45, 7) is 2.81. The van der Waals surface area contributed by atoms with Gasteiger partial charge in [-0.3, -0.25) is 14.5 Å². The van der Waals surface area contributed by atoms with Crippen LogP contribution in [0.25, 0.3) is 0 Å². The van der Waals surface area contributed by atoms with Crippen molar-refractivity contribution in [1.82, 2.24) is 14.7 Å². The van der Waals surface area contributed by atoms with E-state index in [2.05, 4.69) is 4.90 Å². The number of carbonyl (C=O) groups excluding carboxylic acids is 2. The van der Waals surface area contributed by atoms with Crippen LogP contribution in [-0.4, -0.2) is 83.1 Å². The van der Waals surface area contributed by atoms with Gasteiger partial charge in [0.15, 0.2) is 0 Å². The Bertz CT molecular complexity index is 695. The molecule has 4 rings (SSSR count). The van der Waals surface area contributed by atoms with Crippen molar-refractivity contribution in [3.05, 3.63) is 29.8 Å². The third kappa shape index (κ3) is 2.87. The van der Waals surface area contributed by atoms with Crippen LogP contribution in [-0.2, 0) is 16.1 Å². The average molecular weight is 345 g/mol. The third-order valence-corrected chi connectivity index (χ3v) is 5.42. The molecule has 0 unspecified atom stereocenters. The summed E-state index contributed by atoms with van der Waals surface area (Å²) in [4.78, 5) is 31.0. The lowest BCUT2D eigenvalue weighted by molar-refractivity contribution is -0.163. The van der Waals surface area contributed by atoms with Gasteiger partial charge in [-0.1, -0.05) is 12.1 Å². The first-order chi connectivity index (χ1) is 12.1. The molecule has 0 radical (unpaired) electrons. The van der Waals surface area contributed by atoms with Crippen LogP contribution < -0.4 is 4.74 Å². The van der Waals surface area contributed by atoms with E-state index >= 15 is 0 Å². The number of methoxy groups -OCH3 is 1. The molecule has 2 amide bonds. The Hall–Kier alpha value is -2.12. The monoisotopic (exact) mass is 345 g/mol. The minimum atomic E-state index is -0.591. The Labute approximate surface area is 146 Å². The smallest absolute Gasteiger partial charge is 0.247 e. The number of hydrogen-bond donors (Lipinski definition) is 1. The Morgan fingerprint density at radius 3 is 2.72 bits per heavy atom. The average Bonchev–Trinajstić information content (AvgIpc) is 3.02. The molecule has 0 spiro atoms. The predicted octanol–water partition coefficient (Wildman–Crippen LogP) is -0.317. The number of piperazine rings is 2. The Morgan fingerprint density at radius 2 is 1.92 bits per heavy atom. The number of carbonyl (C=O) groups is 2. The van der Waals surface area contributed by atoms with Gasteiger partial charge in [-0.05, 0) is 17.7 Å². The topological polar surface area (TPSA) is 73.3 Å². The van der Waals surface area contributed by atoms with E-state index in [1.54, 1.807) is 16.9 Å². The molecule has 7 heteroatoms. The molecule has 7 nitrogen and oxygen atoms in total. The molecule has 0 aromatic heterocycles. The zero-order valence-electron chi connectivity index (χ0n) is 14.3. The first-order valence-corrected chi connectivity index (χ1v) is 8.71. The number of aliphatic hydroxyl groups is 1. The van der Waals surface area contributed by atoms with Crippen molar-refractivity contribution in [3.8, 4) is 5.75 Å². The van der Waals surface area contributed by atoms with Crippen LogP contribution in [0, 0.1) is 0 Å². The van der Waals surface area contributed by atoms with Crippen molar-refractivity contribution in [2.75, 3.05) is 33.3 Å². The van der Waals surface area contributed by atoms with E-state index in [-0.39, 0.29) is 18.4 Å². The van der Waals surface area contributed by atoms with Crippen molar-refractivity contribution in [2.45, 2.75) is 31.2 Å². The predicted molar refractivity (Wildman–Crippen MR) is 89.9 cm³/mol. The van der Waals surface area contributed by atoms with Gasteiger partial charge in [-0.15, -0.1) is 0 Å². The fraction of sp³-hybridized carbons (Fsp3) is 0.556. The second kappa shape index (κ2) is 6.31. The number of ether oxygens (including phenoxy) is 1. The number of aliphatic hydroxyl groups excluding tert-OH is 1. The highest BCUT2D eigenvalue weighted by atomic mass is 16.5. The second-order valence-corrected chi connectivity index (χ2v) is 7.03. The van der Waals surface area contributed by atoms with Gasteiger partial charge in [0.1, 0.15) is 17.8 Å². The summed E-state index contributed by atoms with van der Waals surface area (Å²) in [5.41, 5.74) is 1.12. The maximum absolute atomic E-state index is 12.8. The zero-order valence-corrected chi connectivity index (χ0v) is 14.3. The van der Waals surface area contributed by atoms with Gasteiger partial charge in [0, 0.05) is 39.1 Å². The maximum Gasteiger partial charge on any atom is 0.247 e. The van der Waals surface area contributed by atoms with E-state index in [1.165, 1.54) is 0 Å². The van der Waals surface area contributed by atoms with Crippen LogP contribution in [0.3, 0.4) is 0 Å². The number of amides is 2. The number of hydrogen-bond acceptors (Lipinski definition) is 5. The van der Waals surface area contributed by atoms with Crippen molar-refractivity contribution >= 4 is 11.8 Å². The minimum Gasteiger partial charge on any atom is -0.497 e. The molecule has 0 saturated carbocycles. The molecule has 134 valence electrons. The van der Waals surface area contributed by atoms with Crippen LogP contribution in [0.5, 0.6) is 5.75 Å². The molecule has 25 heavy (non-hydrogen) atoms. The largest absolute Gasteiger partial charge is 0.497 e. The summed E-state index contributed by atoms with van der Waals surface area (Å²) >= 11 is 0. The summed E-state index contributed by atoms with van der Waals surface area (Å²) in [7, 11) is 1.64. The van der Waals surface area contributed by atoms with E-state index < -0.39 is 18.2 Å². The van der Waals surface area contributed by atoms with Gasteiger partial charge in [0.2, 0.25) is 11.8 Å². The normalized spacial score (nSPS) is 29.6. The van der Waals surface area contributed by atoms with E-state index in [0.717, 1.165) is 24.4 Å². The highest BCUT2D eigenvalue weighted by Gasteiger charge is 2.51. The van der Waals surface area contributed by atoms with Crippen LogP contribution in [0.2, 0.25) is 0 Å². The Kier molecular flexibility index (Phi) is 4.13. The number of rotatable bonds is 3. The lowest BCUT2D eigenvalue weighted by atomic mass is 10.0. The third-order valence-electron chi connectivity index (χ3n) is 5.42. The molecule has 0 aliphatic carbocycles. The number of benzene rings is 1. The summed E-state index contributed by atoms with van der Waals surface area (Å²) in [6, 6.07) is 6.99. The number of fused-ring (bicyclic) bond motifs is 2. The van der Waals surface area contributed by atoms with Gasteiger partial charge in [-0.25, -0.2) is 0 Å². The maximum atomic E-state index is 12.8. The summed E-state index contributed by atoms with van der Waals surface area (Å²) < 4.78 is 5.26. The first kappa shape index (κ1) is 16.4. The molecule has 3 heterocycles. The second-order valence-electron chi connectivity index (χ2n) is 7.03. The zero-order chi connectivity index (χ0) is 17.6. The van der Waals surface area contributed by atoms with E-state index in [9.17, 15) is 14.7 Å². The highest BCUT2D eigenvalue weighted by Crippen LogP contribution is 2.29. The molecule has 3 aliphatic rings. The molecular formula is C18H23N3O4. The quantitative estimate of drug-likeness (QED) is 0.813. The lowest BCUT2D eigenvalue weighted by Crippen LogP contribution is -2.68. The molecule has 3 fully saturated rings. The summed E-state index contributed by atoms with van der Waals surface area (Å²) in [5, 5.41) is 9.84. The molecule has 3 atom stereocenters.